The first-order chi connectivity index (χ1) is 9.51. The Morgan fingerprint density at radius 1 is 1.35 bits per heavy atom. The molecule has 6 heteroatoms. The molecule has 1 aromatic carbocycles. The second-order valence-electron chi connectivity index (χ2n) is 4.45. The predicted molar refractivity (Wildman–Crippen MR) is 78.3 cm³/mol. The van der Waals surface area contributed by atoms with Crippen LogP contribution in [0.5, 0.6) is 0 Å². The van der Waals surface area contributed by atoms with Crippen LogP contribution in [-0.2, 0) is 13.0 Å². The summed E-state index contributed by atoms with van der Waals surface area (Å²) in [5.74, 6) is 1.75. The van der Waals surface area contributed by atoms with Crippen LogP contribution in [-0.4, -0.2) is 4.92 Å². The first-order valence-electron chi connectivity index (χ1n) is 6.27. The molecule has 0 bridgehead atoms. The Kier molecular flexibility index (Phi) is 4.29. The molecule has 0 unspecified atom stereocenters. The van der Waals surface area contributed by atoms with E-state index in [-0.39, 0.29) is 10.7 Å². The number of nitrogens with zero attached hydrogens (tertiary/aromatic N) is 1. The second-order valence-corrected chi connectivity index (χ2v) is 4.86. The molecular weight excluding hydrogens is 280 g/mol. The monoisotopic (exact) mass is 294 g/mol. The second kappa shape index (κ2) is 5.96. The Bertz CT molecular complexity index is 637. The maximum absolute atomic E-state index is 10.8. The number of aryl methyl sites for hydroxylation is 2. The number of benzene rings is 1. The SMILES string of the molecule is CCc1ccc(CNc2cc(Cl)c([N+](=O)[O-])cc2C)o1. The minimum atomic E-state index is -0.487. The molecule has 0 radical (unpaired) electrons. The van der Waals surface area contributed by atoms with Gasteiger partial charge in [0.2, 0.25) is 0 Å². The smallest absolute Gasteiger partial charge is 0.288 e. The highest BCUT2D eigenvalue weighted by atomic mass is 35.5. The van der Waals surface area contributed by atoms with Gasteiger partial charge in [-0.05, 0) is 30.7 Å². The first kappa shape index (κ1) is 14.4. The fraction of sp³-hybridized carbons (Fsp3) is 0.286. The van der Waals surface area contributed by atoms with Crippen molar-refractivity contribution in [2.75, 3.05) is 5.32 Å². The van der Waals surface area contributed by atoms with Crippen LogP contribution >= 0.6 is 11.6 Å². The van der Waals surface area contributed by atoms with E-state index in [4.69, 9.17) is 16.0 Å². The summed E-state index contributed by atoms with van der Waals surface area (Å²) < 4.78 is 5.58. The standard InChI is InChI=1S/C14H15ClN2O3/c1-3-10-4-5-11(20-10)8-16-13-7-12(15)14(17(18)19)6-9(13)2/h4-7,16H,3,8H2,1-2H3. The zero-order chi connectivity index (χ0) is 14.7. The molecule has 0 saturated carbocycles. The van der Waals surface area contributed by atoms with Crippen LogP contribution in [0, 0.1) is 17.0 Å². The molecule has 0 aliphatic rings. The fourth-order valence-electron chi connectivity index (χ4n) is 1.89. The molecule has 20 heavy (non-hydrogen) atoms. The van der Waals surface area contributed by atoms with Crippen molar-refractivity contribution in [3.63, 3.8) is 0 Å². The molecule has 1 heterocycles. The topological polar surface area (TPSA) is 68.3 Å². The van der Waals surface area contributed by atoms with Crippen molar-refractivity contribution in [2.45, 2.75) is 26.8 Å². The molecule has 2 rings (SSSR count). The Morgan fingerprint density at radius 2 is 2.05 bits per heavy atom. The Hall–Kier alpha value is -2.01. The summed E-state index contributed by atoms with van der Waals surface area (Å²) >= 11 is 5.90. The van der Waals surface area contributed by atoms with Crippen LogP contribution in [0.1, 0.15) is 24.0 Å². The van der Waals surface area contributed by atoms with Gasteiger partial charge < -0.3 is 9.73 Å². The van der Waals surface area contributed by atoms with E-state index in [1.165, 1.54) is 6.07 Å². The van der Waals surface area contributed by atoms with Crippen molar-refractivity contribution < 1.29 is 9.34 Å². The molecule has 0 aliphatic carbocycles. The van der Waals surface area contributed by atoms with Gasteiger partial charge in [-0.1, -0.05) is 18.5 Å². The summed E-state index contributed by atoms with van der Waals surface area (Å²) in [6, 6.07) is 6.88. The van der Waals surface area contributed by atoms with Gasteiger partial charge in [0.25, 0.3) is 5.69 Å². The quantitative estimate of drug-likeness (QED) is 0.658. The van der Waals surface area contributed by atoms with Gasteiger partial charge in [0.05, 0.1) is 11.5 Å². The average molecular weight is 295 g/mol. The van der Waals surface area contributed by atoms with E-state index in [0.29, 0.717) is 6.54 Å². The number of rotatable bonds is 5. The molecule has 0 spiro atoms. The molecule has 1 N–H and O–H groups in total. The van der Waals surface area contributed by atoms with Gasteiger partial charge in [-0.2, -0.15) is 0 Å². The van der Waals surface area contributed by atoms with Gasteiger partial charge >= 0.3 is 0 Å². The first-order valence-corrected chi connectivity index (χ1v) is 6.65. The maximum Gasteiger partial charge on any atom is 0.288 e. The molecule has 0 aliphatic heterocycles. The molecule has 0 atom stereocenters. The van der Waals surface area contributed by atoms with Crippen LogP contribution in [0.15, 0.2) is 28.7 Å². The van der Waals surface area contributed by atoms with Crippen molar-refractivity contribution in [1.29, 1.82) is 0 Å². The summed E-state index contributed by atoms with van der Waals surface area (Å²) in [5, 5.41) is 14.1. The van der Waals surface area contributed by atoms with Crippen molar-refractivity contribution >= 4 is 23.0 Å². The lowest BCUT2D eigenvalue weighted by atomic mass is 10.1. The predicted octanol–water partition coefficient (Wildman–Crippen LogP) is 4.32. The summed E-state index contributed by atoms with van der Waals surface area (Å²) in [7, 11) is 0. The normalized spacial score (nSPS) is 10.6. The zero-order valence-corrected chi connectivity index (χ0v) is 12.0. The summed E-state index contributed by atoms with van der Waals surface area (Å²) in [4.78, 5) is 10.3. The molecular formula is C14H15ClN2O3. The molecule has 0 saturated heterocycles. The van der Waals surface area contributed by atoms with Crippen molar-refractivity contribution in [2.24, 2.45) is 0 Å². The van der Waals surface area contributed by atoms with E-state index in [1.54, 1.807) is 13.0 Å². The number of halogens is 1. The zero-order valence-electron chi connectivity index (χ0n) is 11.3. The van der Waals surface area contributed by atoms with Gasteiger partial charge in [0.15, 0.2) is 0 Å². The number of nitrogens with one attached hydrogen (secondary N) is 1. The fourth-order valence-corrected chi connectivity index (χ4v) is 2.12. The third kappa shape index (κ3) is 3.11. The lowest BCUT2D eigenvalue weighted by molar-refractivity contribution is -0.384. The lowest BCUT2D eigenvalue weighted by Gasteiger charge is -2.09. The van der Waals surface area contributed by atoms with Gasteiger partial charge in [-0.25, -0.2) is 0 Å². The van der Waals surface area contributed by atoms with Crippen LogP contribution < -0.4 is 5.32 Å². The van der Waals surface area contributed by atoms with Crippen molar-refractivity contribution in [1.82, 2.24) is 0 Å². The summed E-state index contributed by atoms with van der Waals surface area (Å²) in [6.07, 6.45) is 0.850. The maximum atomic E-state index is 10.8. The average Bonchev–Trinajstić information content (AvgIpc) is 2.87. The molecule has 5 nitrogen and oxygen atoms in total. The minimum Gasteiger partial charge on any atom is -0.464 e. The highest BCUT2D eigenvalue weighted by Crippen LogP contribution is 2.30. The summed E-state index contributed by atoms with van der Waals surface area (Å²) in [6.45, 7) is 4.33. The molecule has 1 aromatic heterocycles. The highest BCUT2D eigenvalue weighted by molar-refractivity contribution is 6.33. The Labute approximate surface area is 121 Å². The molecule has 106 valence electrons. The van der Waals surface area contributed by atoms with Gasteiger partial charge in [-0.3, -0.25) is 10.1 Å². The number of nitro groups is 1. The van der Waals surface area contributed by atoms with E-state index in [2.05, 4.69) is 5.32 Å². The molecule has 0 amide bonds. The van der Waals surface area contributed by atoms with E-state index >= 15 is 0 Å². The Balaban J connectivity index is 2.13. The number of anilines is 1. The molecule has 2 aromatic rings. The third-order valence-electron chi connectivity index (χ3n) is 3.01. The highest BCUT2D eigenvalue weighted by Gasteiger charge is 2.15. The van der Waals surface area contributed by atoms with Crippen LogP contribution in [0.2, 0.25) is 5.02 Å². The minimum absolute atomic E-state index is 0.0824. The van der Waals surface area contributed by atoms with E-state index in [1.807, 2.05) is 19.1 Å². The van der Waals surface area contributed by atoms with Crippen LogP contribution in [0.25, 0.3) is 0 Å². The van der Waals surface area contributed by atoms with E-state index < -0.39 is 4.92 Å². The van der Waals surface area contributed by atoms with Crippen molar-refractivity contribution in [3.8, 4) is 0 Å². The largest absolute Gasteiger partial charge is 0.464 e. The van der Waals surface area contributed by atoms with Crippen LogP contribution in [0.3, 0.4) is 0 Å². The van der Waals surface area contributed by atoms with Crippen molar-refractivity contribution in [3.05, 3.63) is 56.5 Å². The molecule has 0 fully saturated rings. The third-order valence-corrected chi connectivity index (χ3v) is 3.31. The Morgan fingerprint density at radius 3 is 2.65 bits per heavy atom. The van der Waals surface area contributed by atoms with E-state index in [9.17, 15) is 10.1 Å². The number of hydrogen-bond donors (Lipinski definition) is 1. The lowest BCUT2D eigenvalue weighted by Crippen LogP contribution is -2.01. The summed E-state index contributed by atoms with van der Waals surface area (Å²) in [5.41, 5.74) is 1.44. The van der Waals surface area contributed by atoms with Gasteiger partial charge in [0, 0.05) is 18.2 Å². The number of hydrogen-bond acceptors (Lipinski definition) is 4. The van der Waals surface area contributed by atoms with Crippen LogP contribution in [0.4, 0.5) is 11.4 Å². The number of nitro benzene ring substituents is 1. The number of furan rings is 1. The van der Waals surface area contributed by atoms with Gasteiger partial charge in [-0.15, -0.1) is 0 Å². The van der Waals surface area contributed by atoms with E-state index in [0.717, 1.165) is 29.2 Å². The van der Waals surface area contributed by atoms with Gasteiger partial charge in [0.1, 0.15) is 16.5 Å².